The highest BCUT2D eigenvalue weighted by Crippen LogP contribution is 2.37. The number of imidazole rings is 1. The highest BCUT2D eigenvalue weighted by atomic mass is 15.4. The Balaban J connectivity index is 1.02. The van der Waals surface area contributed by atoms with E-state index in [-0.39, 0.29) is 0 Å². The van der Waals surface area contributed by atoms with Crippen molar-refractivity contribution < 1.29 is 0 Å². The van der Waals surface area contributed by atoms with E-state index in [0.717, 1.165) is 111 Å². The molecule has 0 radical (unpaired) electrons. The van der Waals surface area contributed by atoms with Gasteiger partial charge >= 0.3 is 0 Å². The Hall–Kier alpha value is -5.27. The van der Waals surface area contributed by atoms with E-state index in [9.17, 15) is 0 Å². The van der Waals surface area contributed by atoms with Gasteiger partial charge in [-0.05, 0) is 80.3 Å². The molecule has 0 saturated carbocycles. The van der Waals surface area contributed by atoms with Gasteiger partial charge in [0.25, 0.3) is 0 Å². The molecule has 7 heterocycles. The third kappa shape index (κ3) is 5.65. The van der Waals surface area contributed by atoms with Gasteiger partial charge in [0, 0.05) is 94.8 Å². The lowest BCUT2D eigenvalue weighted by molar-refractivity contribution is 0.312. The first-order chi connectivity index (χ1) is 24.5. The zero-order valence-corrected chi connectivity index (χ0v) is 28.7. The van der Waals surface area contributed by atoms with Gasteiger partial charge in [0.1, 0.15) is 11.3 Å². The van der Waals surface area contributed by atoms with E-state index in [4.69, 9.17) is 20.8 Å². The Labute approximate surface area is 291 Å². The van der Waals surface area contributed by atoms with Gasteiger partial charge in [-0.15, -0.1) is 5.10 Å². The smallest absolute Gasteiger partial charge is 0.167 e. The molecule has 0 unspecified atom stereocenters. The minimum absolute atomic E-state index is 0.345. The van der Waals surface area contributed by atoms with Crippen LogP contribution in [0.3, 0.4) is 0 Å². The minimum Gasteiger partial charge on any atom is -0.383 e. The summed E-state index contributed by atoms with van der Waals surface area (Å²) >= 11 is 0. The van der Waals surface area contributed by atoms with Crippen molar-refractivity contribution in [3.8, 4) is 22.9 Å². The van der Waals surface area contributed by atoms with E-state index >= 15 is 0 Å². The molecule has 0 amide bonds. The number of hydrogen-bond donors (Lipinski definition) is 2. The zero-order valence-electron chi connectivity index (χ0n) is 28.7. The first-order valence-corrected chi connectivity index (χ1v) is 17.7. The number of likely N-dealkylation sites (N-methyl/N-ethyl adjacent to an activating group) is 1. The molecule has 9 rings (SSSR count). The first-order valence-electron chi connectivity index (χ1n) is 17.7. The molecule has 2 saturated heterocycles. The molecule has 1 atom stereocenters. The molecule has 13 nitrogen and oxygen atoms in total. The zero-order chi connectivity index (χ0) is 33.8. The summed E-state index contributed by atoms with van der Waals surface area (Å²) in [6.45, 7) is 6.02. The molecule has 50 heavy (non-hydrogen) atoms. The van der Waals surface area contributed by atoms with E-state index in [1.807, 2.05) is 53.1 Å². The number of nitrogens with one attached hydrogen (secondary N) is 1. The maximum Gasteiger partial charge on any atom is 0.167 e. The van der Waals surface area contributed by atoms with Gasteiger partial charge in [-0.2, -0.15) is 5.10 Å². The number of anilines is 3. The maximum atomic E-state index is 6.44. The molecule has 2 fully saturated rings. The lowest BCUT2D eigenvalue weighted by atomic mass is 10.0. The van der Waals surface area contributed by atoms with Crippen LogP contribution in [0.4, 0.5) is 17.5 Å². The van der Waals surface area contributed by atoms with Crippen LogP contribution in [0.15, 0.2) is 73.2 Å². The fourth-order valence-corrected chi connectivity index (χ4v) is 7.80. The quantitative estimate of drug-likeness (QED) is 0.258. The highest BCUT2D eigenvalue weighted by molar-refractivity contribution is 5.83. The number of aryl methyl sites for hydroxylation is 2. The highest BCUT2D eigenvalue weighted by Gasteiger charge is 2.29. The van der Waals surface area contributed by atoms with Crippen LogP contribution in [0.25, 0.3) is 34.1 Å². The van der Waals surface area contributed by atoms with Crippen molar-refractivity contribution in [2.45, 2.75) is 37.8 Å². The number of nitrogen functional groups attached to an aromatic ring is 1. The summed E-state index contributed by atoms with van der Waals surface area (Å²) in [6, 6.07) is 19.7. The molecule has 1 aromatic carbocycles. The van der Waals surface area contributed by atoms with Crippen molar-refractivity contribution in [1.82, 2.24) is 49.3 Å². The molecule has 256 valence electrons. The number of aromatic nitrogens is 8. The lowest BCUT2D eigenvalue weighted by Crippen LogP contribution is -2.44. The first kappa shape index (κ1) is 30.8. The largest absolute Gasteiger partial charge is 0.383 e. The summed E-state index contributed by atoms with van der Waals surface area (Å²) in [6.07, 6.45) is 10.0. The molecule has 3 N–H and O–H groups in total. The van der Waals surface area contributed by atoms with Crippen LogP contribution in [0.2, 0.25) is 0 Å². The van der Waals surface area contributed by atoms with E-state index < -0.39 is 0 Å². The van der Waals surface area contributed by atoms with Crippen molar-refractivity contribution in [1.29, 1.82) is 0 Å². The summed E-state index contributed by atoms with van der Waals surface area (Å²) in [5.41, 5.74) is 12.5. The van der Waals surface area contributed by atoms with E-state index in [0.29, 0.717) is 17.9 Å². The van der Waals surface area contributed by atoms with Gasteiger partial charge in [0.05, 0.1) is 5.56 Å². The molecule has 3 aliphatic rings. The van der Waals surface area contributed by atoms with E-state index in [1.165, 1.54) is 11.1 Å². The molecule has 13 heteroatoms. The average Bonchev–Trinajstić information content (AvgIpc) is 3.95. The van der Waals surface area contributed by atoms with Crippen LogP contribution < -0.4 is 20.9 Å². The standard InChI is InChI=1S/C37H43N13/c1-45-20-22-48(23-21-45)34-14-19-49(44-34)32-10-9-31-37(42-32)50(36(41-31)29-4-3-15-39-35(29)38)27-6-7-28-25(24-27)5-8-30(28)40-26-11-17-47(18-12-26)33-13-16-46(2)43-33/h3-4,6-7,9-10,13-16,19,24,26,30,40H,5,8,11-12,17-18,20-23H2,1-2H3,(H2,38,39)/t30-/m0/s1. The molecule has 2 aliphatic heterocycles. The van der Waals surface area contributed by atoms with Crippen molar-refractivity contribution in [3.63, 3.8) is 0 Å². The second-order valence-electron chi connectivity index (χ2n) is 13.9. The molecular formula is C37H43N13. The number of rotatable bonds is 7. The minimum atomic E-state index is 0.345. The molecule has 5 aromatic heterocycles. The topological polar surface area (TPSA) is 127 Å². The second-order valence-corrected chi connectivity index (χ2v) is 13.9. The summed E-state index contributed by atoms with van der Waals surface area (Å²) in [4.78, 5) is 21.7. The van der Waals surface area contributed by atoms with Crippen LogP contribution in [0.1, 0.15) is 36.4 Å². The van der Waals surface area contributed by atoms with Crippen LogP contribution >= 0.6 is 0 Å². The SMILES string of the molecule is CN1CCN(c2ccn(-c3ccc4nc(-c5cccnc5N)n(-c5ccc6c(c5)CC[C@@H]6NC5CCN(c6ccn(C)n6)CC5)c4n3)n2)CC1. The summed E-state index contributed by atoms with van der Waals surface area (Å²) in [7, 11) is 4.14. The van der Waals surface area contributed by atoms with Crippen molar-refractivity contribution in [3.05, 3.63) is 84.3 Å². The lowest BCUT2D eigenvalue weighted by Gasteiger charge is -2.34. The molecule has 0 spiro atoms. The predicted molar refractivity (Wildman–Crippen MR) is 196 cm³/mol. The summed E-state index contributed by atoms with van der Waals surface area (Å²) in [5.74, 6) is 3.95. The van der Waals surface area contributed by atoms with Gasteiger partial charge in [0.2, 0.25) is 0 Å². The summed E-state index contributed by atoms with van der Waals surface area (Å²) in [5, 5.41) is 13.5. The number of nitrogens with two attached hydrogens (primary N) is 1. The Morgan fingerprint density at radius 3 is 2.38 bits per heavy atom. The van der Waals surface area contributed by atoms with Crippen molar-refractivity contribution >= 4 is 28.6 Å². The monoisotopic (exact) mass is 669 g/mol. The number of piperidine rings is 1. The van der Waals surface area contributed by atoms with E-state index in [2.05, 4.69) is 72.0 Å². The van der Waals surface area contributed by atoms with Gasteiger partial charge in [-0.1, -0.05) is 6.07 Å². The third-order valence-electron chi connectivity index (χ3n) is 10.6. The van der Waals surface area contributed by atoms with Crippen molar-refractivity contribution in [2.24, 2.45) is 7.05 Å². The van der Waals surface area contributed by atoms with E-state index in [1.54, 1.807) is 6.20 Å². The number of benzene rings is 1. The third-order valence-corrected chi connectivity index (χ3v) is 10.6. The van der Waals surface area contributed by atoms with Crippen LogP contribution in [0, 0.1) is 0 Å². The van der Waals surface area contributed by atoms with Gasteiger partial charge in [-0.25, -0.2) is 19.6 Å². The van der Waals surface area contributed by atoms with Crippen LogP contribution in [-0.4, -0.2) is 96.3 Å². The summed E-state index contributed by atoms with van der Waals surface area (Å²) < 4.78 is 5.87. The number of fused-ring (bicyclic) bond motifs is 2. The van der Waals surface area contributed by atoms with Crippen molar-refractivity contribution in [2.75, 3.05) is 61.8 Å². The van der Waals surface area contributed by atoms with Gasteiger partial charge in [0.15, 0.2) is 28.9 Å². The molecule has 1 aliphatic carbocycles. The Morgan fingerprint density at radius 1 is 0.780 bits per heavy atom. The van der Waals surface area contributed by atoms with Gasteiger partial charge < -0.3 is 25.8 Å². The molecular weight excluding hydrogens is 626 g/mol. The van der Waals surface area contributed by atoms with Gasteiger partial charge in [-0.3, -0.25) is 9.25 Å². The maximum absolute atomic E-state index is 6.44. The number of piperazine rings is 1. The number of nitrogens with zero attached hydrogens (tertiary/aromatic N) is 11. The average molecular weight is 670 g/mol. The fraction of sp³-hybridized carbons (Fsp3) is 0.378. The predicted octanol–water partition coefficient (Wildman–Crippen LogP) is 3.98. The second kappa shape index (κ2) is 12.6. The molecule has 0 bridgehead atoms. The number of pyridine rings is 2. The number of hydrogen-bond acceptors (Lipinski definition) is 10. The molecule has 6 aromatic rings. The Kier molecular flexibility index (Phi) is 7.73. The Bertz CT molecular complexity index is 2150. The van der Waals surface area contributed by atoms with Crippen LogP contribution in [-0.2, 0) is 13.5 Å². The fourth-order valence-electron chi connectivity index (χ4n) is 7.80. The Morgan fingerprint density at radius 2 is 1.58 bits per heavy atom. The normalized spacial score (nSPS) is 18.7. The van der Waals surface area contributed by atoms with Crippen LogP contribution in [0.5, 0.6) is 0 Å².